The highest BCUT2D eigenvalue weighted by molar-refractivity contribution is 7.91. The van der Waals surface area contributed by atoms with E-state index in [2.05, 4.69) is 34.0 Å². The van der Waals surface area contributed by atoms with Crippen LogP contribution < -0.4 is 10.2 Å². The fourth-order valence-electron chi connectivity index (χ4n) is 3.06. The molecule has 1 aromatic heterocycles. The molecule has 1 aliphatic rings. The van der Waals surface area contributed by atoms with Crippen LogP contribution in [0.3, 0.4) is 0 Å². The van der Waals surface area contributed by atoms with Crippen LogP contribution in [0.4, 0.5) is 11.8 Å². The zero-order chi connectivity index (χ0) is 17.9. The molecule has 1 unspecified atom stereocenters. The van der Waals surface area contributed by atoms with Crippen molar-refractivity contribution in [1.82, 2.24) is 9.97 Å². The molecule has 1 saturated heterocycles. The first-order valence-corrected chi connectivity index (χ1v) is 10.5. The Morgan fingerprint density at radius 2 is 1.88 bits per heavy atom. The Morgan fingerprint density at radius 1 is 1.16 bits per heavy atom. The lowest BCUT2D eigenvalue weighted by molar-refractivity contribution is 0.602. The number of hydrogen-bond donors (Lipinski definition) is 1. The van der Waals surface area contributed by atoms with Crippen LogP contribution in [0.2, 0.25) is 0 Å². The molecule has 0 aliphatic carbocycles. The minimum Gasteiger partial charge on any atom is -0.357 e. The van der Waals surface area contributed by atoms with Crippen LogP contribution in [0.1, 0.15) is 20.3 Å². The zero-order valence-corrected chi connectivity index (χ0v) is 15.5. The van der Waals surface area contributed by atoms with Gasteiger partial charge in [-0.05, 0) is 20.3 Å². The fourth-order valence-corrected chi connectivity index (χ4v) is 4.73. The SMILES string of the molecule is CCN(CC)c1cc(-c2ccccc2)nc(NC2CCS(=O)(=O)C2)n1. The van der Waals surface area contributed by atoms with Crippen LogP contribution in [0, 0.1) is 0 Å². The van der Waals surface area contributed by atoms with Crippen LogP contribution >= 0.6 is 0 Å². The molecule has 134 valence electrons. The first kappa shape index (κ1) is 17.7. The minimum absolute atomic E-state index is 0.124. The second-order valence-corrected chi connectivity index (χ2v) is 8.45. The summed E-state index contributed by atoms with van der Waals surface area (Å²) in [5.41, 5.74) is 1.85. The van der Waals surface area contributed by atoms with E-state index >= 15 is 0 Å². The molecule has 7 heteroatoms. The fraction of sp³-hybridized carbons (Fsp3) is 0.444. The number of hydrogen-bond acceptors (Lipinski definition) is 6. The lowest BCUT2D eigenvalue weighted by Crippen LogP contribution is -2.26. The number of nitrogens with zero attached hydrogens (tertiary/aromatic N) is 3. The van der Waals surface area contributed by atoms with Crippen LogP contribution in [-0.2, 0) is 9.84 Å². The van der Waals surface area contributed by atoms with Gasteiger partial charge in [-0.2, -0.15) is 4.98 Å². The van der Waals surface area contributed by atoms with Gasteiger partial charge in [-0.1, -0.05) is 30.3 Å². The van der Waals surface area contributed by atoms with E-state index in [4.69, 9.17) is 0 Å². The molecule has 1 aliphatic heterocycles. The van der Waals surface area contributed by atoms with Gasteiger partial charge in [0.2, 0.25) is 5.95 Å². The van der Waals surface area contributed by atoms with Crippen LogP contribution in [0.25, 0.3) is 11.3 Å². The number of aromatic nitrogens is 2. The second-order valence-electron chi connectivity index (χ2n) is 6.22. The Hall–Kier alpha value is -2.15. The lowest BCUT2D eigenvalue weighted by atomic mass is 10.1. The molecule has 0 radical (unpaired) electrons. The predicted molar refractivity (Wildman–Crippen MR) is 102 cm³/mol. The molecule has 1 aromatic carbocycles. The third-order valence-corrected chi connectivity index (χ3v) is 6.20. The number of benzene rings is 1. The van der Waals surface area contributed by atoms with Crippen molar-refractivity contribution in [3.05, 3.63) is 36.4 Å². The first-order chi connectivity index (χ1) is 12.0. The van der Waals surface area contributed by atoms with E-state index in [0.717, 1.165) is 30.2 Å². The first-order valence-electron chi connectivity index (χ1n) is 8.67. The molecule has 0 saturated carbocycles. The highest BCUT2D eigenvalue weighted by Crippen LogP contribution is 2.24. The molecule has 2 heterocycles. The molecule has 1 fully saturated rings. The monoisotopic (exact) mass is 360 g/mol. The summed E-state index contributed by atoms with van der Waals surface area (Å²) >= 11 is 0. The van der Waals surface area contributed by atoms with Crippen molar-refractivity contribution in [2.24, 2.45) is 0 Å². The molecule has 1 atom stereocenters. The summed E-state index contributed by atoms with van der Waals surface area (Å²) in [5, 5.41) is 3.22. The van der Waals surface area contributed by atoms with E-state index in [1.54, 1.807) is 0 Å². The maximum absolute atomic E-state index is 11.7. The molecule has 0 bridgehead atoms. The molecule has 1 N–H and O–H groups in total. The van der Waals surface area contributed by atoms with E-state index in [9.17, 15) is 8.42 Å². The number of rotatable bonds is 6. The summed E-state index contributed by atoms with van der Waals surface area (Å²) in [6, 6.07) is 11.8. The number of sulfone groups is 1. The van der Waals surface area contributed by atoms with E-state index in [0.29, 0.717) is 12.4 Å². The highest BCUT2D eigenvalue weighted by Gasteiger charge is 2.28. The molecule has 0 spiro atoms. The van der Waals surface area contributed by atoms with E-state index in [1.807, 2.05) is 36.4 Å². The van der Waals surface area contributed by atoms with Crippen molar-refractivity contribution in [3.8, 4) is 11.3 Å². The molecule has 6 nitrogen and oxygen atoms in total. The Balaban J connectivity index is 1.95. The topological polar surface area (TPSA) is 75.2 Å². The van der Waals surface area contributed by atoms with Crippen molar-refractivity contribution in [2.75, 3.05) is 34.8 Å². The highest BCUT2D eigenvalue weighted by atomic mass is 32.2. The quantitative estimate of drug-likeness (QED) is 0.853. The Morgan fingerprint density at radius 3 is 2.48 bits per heavy atom. The van der Waals surface area contributed by atoms with Crippen LogP contribution in [0.5, 0.6) is 0 Å². The third kappa shape index (κ3) is 4.28. The molecule has 25 heavy (non-hydrogen) atoms. The zero-order valence-electron chi connectivity index (χ0n) is 14.6. The molecule has 2 aromatic rings. The largest absolute Gasteiger partial charge is 0.357 e. The summed E-state index contributed by atoms with van der Waals surface area (Å²) in [5.74, 6) is 1.71. The van der Waals surface area contributed by atoms with Gasteiger partial charge in [-0.25, -0.2) is 13.4 Å². The summed E-state index contributed by atoms with van der Waals surface area (Å²) in [7, 11) is -2.94. The van der Waals surface area contributed by atoms with Gasteiger partial charge in [0.05, 0.1) is 17.2 Å². The Kier molecular flexibility index (Phi) is 5.22. The van der Waals surface area contributed by atoms with Gasteiger partial charge in [0.15, 0.2) is 9.84 Å². The van der Waals surface area contributed by atoms with E-state index in [1.165, 1.54) is 0 Å². The van der Waals surface area contributed by atoms with E-state index in [-0.39, 0.29) is 17.5 Å². The van der Waals surface area contributed by atoms with Gasteiger partial charge in [0.25, 0.3) is 0 Å². The molecule has 3 rings (SSSR count). The molecular formula is C18H24N4O2S. The summed E-state index contributed by atoms with van der Waals surface area (Å²) in [6.45, 7) is 5.87. The smallest absolute Gasteiger partial charge is 0.225 e. The van der Waals surface area contributed by atoms with Crippen LogP contribution in [0.15, 0.2) is 36.4 Å². The van der Waals surface area contributed by atoms with Gasteiger partial charge in [-0.3, -0.25) is 0 Å². The standard InChI is InChI=1S/C18H24N4O2S/c1-3-22(4-2)17-12-16(14-8-6-5-7-9-14)20-18(21-17)19-15-10-11-25(23,24)13-15/h5-9,12,15H,3-4,10-11,13H2,1-2H3,(H,19,20,21). The summed E-state index contributed by atoms with van der Waals surface area (Å²) in [6.07, 6.45) is 0.599. The predicted octanol–water partition coefficient (Wildman–Crippen LogP) is 2.59. The minimum atomic E-state index is -2.94. The maximum Gasteiger partial charge on any atom is 0.225 e. The van der Waals surface area contributed by atoms with Gasteiger partial charge in [0.1, 0.15) is 5.82 Å². The second kappa shape index (κ2) is 7.39. The average molecular weight is 360 g/mol. The average Bonchev–Trinajstić information content (AvgIpc) is 2.95. The number of anilines is 2. The van der Waals surface area contributed by atoms with Gasteiger partial charge < -0.3 is 10.2 Å². The molecular weight excluding hydrogens is 336 g/mol. The van der Waals surface area contributed by atoms with Gasteiger partial charge >= 0.3 is 0 Å². The Labute approximate surface area is 149 Å². The van der Waals surface area contributed by atoms with Crippen molar-refractivity contribution in [3.63, 3.8) is 0 Å². The molecule has 0 amide bonds. The normalized spacial score (nSPS) is 18.9. The van der Waals surface area contributed by atoms with Crippen molar-refractivity contribution < 1.29 is 8.42 Å². The summed E-state index contributed by atoms with van der Waals surface area (Å²) in [4.78, 5) is 11.4. The summed E-state index contributed by atoms with van der Waals surface area (Å²) < 4.78 is 23.4. The van der Waals surface area contributed by atoms with Crippen LogP contribution in [-0.4, -0.2) is 49.0 Å². The number of nitrogens with one attached hydrogen (secondary N) is 1. The van der Waals surface area contributed by atoms with E-state index < -0.39 is 9.84 Å². The lowest BCUT2D eigenvalue weighted by Gasteiger charge is -2.22. The third-order valence-electron chi connectivity index (χ3n) is 4.44. The van der Waals surface area contributed by atoms with Gasteiger partial charge in [-0.15, -0.1) is 0 Å². The van der Waals surface area contributed by atoms with Crippen molar-refractivity contribution in [1.29, 1.82) is 0 Å². The maximum atomic E-state index is 11.7. The Bertz CT molecular complexity index is 820. The van der Waals surface area contributed by atoms with Crippen molar-refractivity contribution >= 4 is 21.6 Å². The van der Waals surface area contributed by atoms with Crippen molar-refractivity contribution in [2.45, 2.75) is 26.3 Å². The van der Waals surface area contributed by atoms with Gasteiger partial charge in [0, 0.05) is 30.8 Å².